The average Bonchev–Trinajstić information content (AvgIpc) is 2.57. The first-order valence-corrected chi connectivity index (χ1v) is 7.20. The molecule has 1 aromatic rings. The fourth-order valence-corrected chi connectivity index (χ4v) is 1.79. The number of methoxy groups -OCH3 is 2. The highest BCUT2D eigenvalue weighted by molar-refractivity contribution is 6.19. The first-order valence-electron chi connectivity index (χ1n) is 7.20. The lowest BCUT2D eigenvalue weighted by atomic mass is 10.1. The van der Waals surface area contributed by atoms with Gasteiger partial charge in [-0.05, 0) is 32.1 Å². The first kappa shape index (κ1) is 19.2. The Hall–Kier alpha value is -2.83. The quantitative estimate of drug-likeness (QED) is 0.309. The molecule has 0 aromatic heterocycles. The Morgan fingerprint density at radius 2 is 1.88 bits per heavy atom. The smallest absolute Gasteiger partial charge is 0.344 e. The molecule has 0 saturated heterocycles. The fourth-order valence-electron chi connectivity index (χ4n) is 1.79. The van der Waals surface area contributed by atoms with Gasteiger partial charge in [-0.2, -0.15) is 0 Å². The Balaban J connectivity index is 3.18. The molecule has 7 nitrogen and oxygen atoms in total. The normalized spacial score (nSPS) is 10.8. The summed E-state index contributed by atoms with van der Waals surface area (Å²) in [6.45, 7) is 2.87. The van der Waals surface area contributed by atoms with Crippen LogP contribution in [0.4, 0.5) is 0 Å². The molecule has 0 fully saturated rings. The highest BCUT2D eigenvalue weighted by Crippen LogP contribution is 2.27. The van der Waals surface area contributed by atoms with Gasteiger partial charge in [0.25, 0.3) is 0 Å². The fraction of sp³-hybridized carbons (Fsp3) is 0.353. The zero-order valence-electron chi connectivity index (χ0n) is 14.1. The predicted octanol–water partition coefficient (Wildman–Crippen LogP) is 1.78. The molecule has 0 spiro atoms. The van der Waals surface area contributed by atoms with Crippen LogP contribution in [0.25, 0.3) is 6.08 Å². The number of hydrogen-bond donors (Lipinski definition) is 0. The molecular weight excluding hydrogens is 316 g/mol. The number of ether oxygens (including phenoxy) is 4. The molecule has 7 heteroatoms. The maximum absolute atomic E-state index is 11.7. The van der Waals surface area contributed by atoms with Gasteiger partial charge in [-0.1, -0.05) is 0 Å². The molecule has 0 aliphatic heterocycles. The molecule has 0 aliphatic carbocycles. The van der Waals surface area contributed by atoms with Crippen molar-refractivity contribution in [3.8, 4) is 11.5 Å². The van der Waals surface area contributed by atoms with E-state index in [0.717, 1.165) is 0 Å². The topological polar surface area (TPSA) is 88.1 Å². The van der Waals surface area contributed by atoms with Crippen LogP contribution in [0.1, 0.15) is 19.4 Å². The molecule has 0 aliphatic rings. The van der Waals surface area contributed by atoms with Gasteiger partial charge in [0, 0.05) is 11.6 Å². The van der Waals surface area contributed by atoms with Crippen LogP contribution in [0.15, 0.2) is 23.8 Å². The van der Waals surface area contributed by atoms with E-state index in [0.29, 0.717) is 11.3 Å². The van der Waals surface area contributed by atoms with Crippen molar-refractivity contribution >= 4 is 23.8 Å². The van der Waals surface area contributed by atoms with E-state index in [9.17, 15) is 14.4 Å². The molecule has 0 heterocycles. The van der Waals surface area contributed by atoms with Crippen LogP contribution in [-0.2, 0) is 23.9 Å². The largest absolute Gasteiger partial charge is 0.497 e. The van der Waals surface area contributed by atoms with E-state index >= 15 is 0 Å². The van der Waals surface area contributed by atoms with E-state index in [1.54, 1.807) is 25.1 Å². The van der Waals surface area contributed by atoms with Crippen LogP contribution in [0.2, 0.25) is 0 Å². The summed E-state index contributed by atoms with van der Waals surface area (Å²) in [7, 11) is 2.67. The van der Waals surface area contributed by atoms with E-state index in [1.807, 2.05) is 0 Å². The number of carbonyl (C=O) groups excluding carboxylic acids is 3. The number of hydrogen-bond acceptors (Lipinski definition) is 7. The highest BCUT2D eigenvalue weighted by Gasteiger charge is 2.17. The minimum atomic E-state index is -0.755. The van der Waals surface area contributed by atoms with Crippen LogP contribution >= 0.6 is 0 Å². The van der Waals surface area contributed by atoms with Crippen LogP contribution < -0.4 is 9.47 Å². The van der Waals surface area contributed by atoms with Gasteiger partial charge in [0.15, 0.2) is 12.4 Å². The summed E-state index contributed by atoms with van der Waals surface area (Å²) in [6, 6.07) is 4.78. The van der Waals surface area contributed by atoms with Crippen molar-refractivity contribution < 1.29 is 33.3 Å². The second-order valence-corrected chi connectivity index (χ2v) is 4.60. The summed E-state index contributed by atoms with van der Waals surface area (Å²) in [5.74, 6) is -0.975. The van der Waals surface area contributed by atoms with Gasteiger partial charge in [0.2, 0.25) is 0 Å². The monoisotopic (exact) mass is 336 g/mol. The van der Waals surface area contributed by atoms with Crippen molar-refractivity contribution in [2.24, 2.45) is 0 Å². The van der Waals surface area contributed by atoms with E-state index in [2.05, 4.69) is 4.74 Å². The van der Waals surface area contributed by atoms with Crippen molar-refractivity contribution in [3.63, 3.8) is 0 Å². The van der Waals surface area contributed by atoms with Gasteiger partial charge in [-0.3, -0.25) is 4.79 Å². The lowest BCUT2D eigenvalue weighted by Crippen LogP contribution is -2.15. The van der Waals surface area contributed by atoms with Gasteiger partial charge in [-0.15, -0.1) is 0 Å². The summed E-state index contributed by atoms with van der Waals surface area (Å²) in [5, 5.41) is 0. The van der Waals surface area contributed by atoms with E-state index < -0.39 is 17.7 Å². The number of ketones is 1. The molecule has 0 unspecified atom stereocenters. The van der Waals surface area contributed by atoms with Crippen LogP contribution in [0, 0.1) is 0 Å². The van der Waals surface area contributed by atoms with E-state index in [1.165, 1.54) is 27.2 Å². The van der Waals surface area contributed by atoms with Crippen molar-refractivity contribution in [3.05, 3.63) is 29.3 Å². The van der Waals surface area contributed by atoms with Gasteiger partial charge in [0.05, 0.1) is 20.8 Å². The second-order valence-electron chi connectivity index (χ2n) is 4.60. The van der Waals surface area contributed by atoms with Crippen molar-refractivity contribution in [2.45, 2.75) is 13.8 Å². The summed E-state index contributed by atoms with van der Waals surface area (Å²) in [4.78, 5) is 34.8. The van der Waals surface area contributed by atoms with Gasteiger partial charge in [0.1, 0.15) is 17.1 Å². The Kier molecular flexibility index (Phi) is 7.48. The third-order valence-corrected chi connectivity index (χ3v) is 2.96. The highest BCUT2D eigenvalue weighted by atomic mass is 16.6. The maximum atomic E-state index is 11.7. The molecule has 0 N–H and O–H groups in total. The molecule has 1 rings (SSSR count). The first-order chi connectivity index (χ1) is 11.4. The zero-order chi connectivity index (χ0) is 18.1. The second kappa shape index (κ2) is 9.34. The summed E-state index contributed by atoms with van der Waals surface area (Å²) < 4.78 is 19.9. The number of benzene rings is 1. The minimum absolute atomic E-state index is 0.136. The van der Waals surface area contributed by atoms with Crippen LogP contribution in [-0.4, -0.2) is 45.2 Å². The maximum Gasteiger partial charge on any atom is 0.344 e. The Morgan fingerprint density at radius 1 is 1.17 bits per heavy atom. The van der Waals surface area contributed by atoms with E-state index in [4.69, 9.17) is 14.2 Å². The van der Waals surface area contributed by atoms with Gasteiger partial charge in [-0.25, -0.2) is 9.59 Å². The van der Waals surface area contributed by atoms with Gasteiger partial charge >= 0.3 is 11.9 Å². The molecule has 0 atom stereocenters. The Bertz CT molecular complexity index is 646. The van der Waals surface area contributed by atoms with E-state index in [-0.39, 0.29) is 24.5 Å². The van der Waals surface area contributed by atoms with Crippen molar-refractivity contribution in [1.82, 2.24) is 0 Å². The number of carbonyl (C=O) groups is 3. The van der Waals surface area contributed by atoms with Gasteiger partial charge < -0.3 is 18.9 Å². The third-order valence-electron chi connectivity index (χ3n) is 2.96. The average molecular weight is 336 g/mol. The van der Waals surface area contributed by atoms with Crippen molar-refractivity contribution in [1.29, 1.82) is 0 Å². The standard InChI is InChI=1S/C17H20O7/c1-5-23-16(19)10-24-15-9-13(21-3)7-6-12(15)8-14(11(2)18)17(20)22-4/h6-9H,5,10H2,1-4H3/b14-8-. The Labute approximate surface area is 140 Å². The molecule has 0 saturated carbocycles. The molecule has 0 bridgehead atoms. The molecule has 24 heavy (non-hydrogen) atoms. The lowest BCUT2D eigenvalue weighted by molar-refractivity contribution is -0.145. The zero-order valence-corrected chi connectivity index (χ0v) is 14.1. The Morgan fingerprint density at radius 3 is 2.42 bits per heavy atom. The molecular formula is C17H20O7. The molecule has 0 radical (unpaired) electrons. The lowest BCUT2D eigenvalue weighted by Gasteiger charge is -2.11. The van der Waals surface area contributed by atoms with Crippen LogP contribution in [0.5, 0.6) is 11.5 Å². The number of esters is 2. The van der Waals surface area contributed by atoms with Crippen LogP contribution in [0.3, 0.4) is 0 Å². The number of rotatable bonds is 8. The van der Waals surface area contributed by atoms with Crippen molar-refractivity contribution in [2.75, 3.05) is 27.4 Å². The summed E-state index contributed by atoms with van der Waals surface area (Å²) in [5.41, 5.74) is 0.291. The third kappa shape index (κ3) is 5.42. The number of Topliss-reactive ketones (excluding diaryl/α,β-unsaturated/α-hetero) is 1. The summed E-state index contributed by atoms with van der Waals surface area (Å²) >= 11 is 0. The predicted molar refractivity (Wildman–Crippen MR) is 85.8 cm³/mol. The molecule has 0 amide bonds. The molecule has 1 aromatic carbocycles. The SMILES string of the molecule is CCOC(=O)COc1cc(OC)ccc1/C=C(/C(C)=O)C(=O)OC. The molecule has 130 valence electrons. The summed E-state index contributed by atoms with van der Waals surface area (Å²) in [6.07, 6.45) is 1.34. The minimum Gasteiger partial charge on any atom is -0.497 e.